The SMILES string of the molecule is Cc1ccc(Br)c(-n2c(CCl)nc3c(F)cccc32)c1. The summed E-state index contributed by atoms with van der Waals surface area (Å²) in [7, 11) is 0. The summed E-state index contributed by atoms with van der Waals surface area (Å²) in [6.45, 7) is 2.01. The van der Waals surface area contributed by atoms with Gasteiger partial charge in [0.05, 0.1) is 17.1 Å². The van der Waals surface area contributed by atoms with Crippen molar-refractivity contribution >= 4 is 38.6 Å². The van der Waals surface area contributed by atoms with Gasteiger partial charge in [-0.3, -0.25) is 4.57 Å². The lowest BCUT2D eigenvalue weighted by molar-refractivity contribution is 0.637. The number of aromatic nitrogens is 2. The Morgan fingerprint density at radius 2 is 2.10 bits per heavy atom. The Kier molecular flexibility index (Phi) is 3.52. The molecule has 0 amide bonds. The van der Waals surface area contributed by atoms with E-state index in [4.69, 9.17) is 11.6 Å². The maximum Gasteiger partial charge on any atom is 0.151 e. The summed E-state index contributed by atoms with van der Waals surface area (Å²) in [5, 5.41) is 0. The lowest BCUT2D eigenvalue weighted by Gasteiger charge is -2.11. The number of aryl methyl sites for hydroxylation is 1. The van der Waals surface area contributed by atoms with Crippen LogP contribution in [0.25, 0.3) is 16.7 Å². The van der Waals surface area contributed by atoms with Crippen molar-refractivity contribution in [3.8, 4) is 5.69 Å². The van der Waals surface area contributed by atoms with E-state index in [1.54, 1.807) is 6.07 Å². The zero-order valence-corrected chi connectivity index (χ0v) is 13.0. The molecule has 2 aromatic carbocycles. The molecule has 1 aromatic heterocycles. The normalized spacial score (nSPS) is 11.2. The van der Waals surface area contributed by atoms with Crippen LogP contribution in [0.3, 0.4) is 0 Å². The zero-order chi connectivity index (χ0) is 14.3. The van der Waals surface area contributed by atoms with E-state index >= 15 is 0 Å². The molecule has 0 spiro atoms. The van der Waals surface area contributed by atoms with Crippen molar-refractivity contribution in [1.29, 1.82) is 0 Å². The summed E-state index contributed by atoms with van der Waals surface area (Å²) in [4.78, 5) is 4.31. The third-order valence-electron chi connectivity index (χ3n) is 3.17. The Bertz CT molecular complexity index is 798. The minimum atomic E-state index is -0.337. The van der Waals surface area contributed by atoms with Gasteiger partial charge in [-0.15, -0.1) is 11.6 Å². The van der Waals surface area contributed by atoms with Crippen LogP contribution in [0.1, 0.15) is 11.4 Å². The van der Waals surface area contributed by atoms with Gasteiger partial charge in [-0.2, -0.15) is 0 Å². The van der Waals surface area contributed by atoms with Gasteiger partial charge in [0.2, 0.25) is 0 Å². The number of halogens is 3. The monoisotopic (exact) mass is 352 g/mol. The van der Waals surface area contributed by atoms with Crippen molar-refractivity contribution in [3.63, 3.8) is 0 Å². The van der Waals surface area contributed by atoms with Crippen LogP contribution in [0.15, 0.2) is 40.9 Å². The number of rotatable bonds is 2. The number of alkyl halides is 1. The molecule has 0 aliphatic rings. The number of para-hydroxylation sites is 1. The van der Waals surface area contributed by atoms with Crippen molar-refractivity contribution in [2.75, 3.05) is 0 Å². The highest BCUT2D eigenvalue weighted by Crippen LogP contribution is 2.29. The van der Waals surface area contributed by atoms with Crippen LogP contribution in [0.5, 0.6) is 0 Å². The molecule has 20 heavy (non-hydrogen) atoms. The molecule has 0 fully saturated rings. The largest absolute Gasteiger partial charge is 0.294 e. The molecule has 0 radical (unpaired) electrons. The first kappa shape index (κ1) is 13.6. The van der Waals surface area contributed by atoms with E-state index in [1.807, 2.05) is 35.8 Å². The molecular formula is C15H11BrClFN2. The highest BCUT2D eigenvalue weighted by atomic mass is 79.9. The fourth-order valence-electron chi connectivity index (χ4n) is 2.27. The molecular weight excluding hydrogens is 343 g/mol. The molecule has 0 unspecified atom stereocenters. The number of fused-ring (bicyclic) bond motifs is 1. The lowest BCUT2D eigenvalue weighted by Crippen LogP contribution is -2.00. The van der Waals surface area contributed by atoms with Crippen LogP contribution < -0.4 is 0 Å². The Labute approximate surface area is 129 Å². The molecule has 102 valence electrons. The van der Waals surface area contributed by atoms with Gasteiger partial charge < -0.3 is 0 Å². The highest BCUT2D eigenvalue weighted by molar-refractivity contribution is 9.10. The van der Waals surface area contributed by atoms with Crippen molar-refractivity contribution in [2.45, 2.75) is 12.8 Å². The predicted octanol–water partition coefficient (Wildman–Crippen LogP) is 4.97. The number of hydrogen-bond acceptors (Lipinski definition) is 1. The first-order valence-electron chi connectivity index (χ1n) is 6.10. The highest BCUT2D eigenvalue weighted by Gasteiger charge is 2.16. The summed E-state index contributed by atoms with van der Waals surface area (Å²) < 4.78 is 16.7. The van der Waals surface area contributed by atoms with Gasteiger partial charge in [-0.05, 0) is 52.7 Å². The summed E-state index contributed by atoms with van der Waals surface area (Å²) in [5.41, 5.74) is 3.08. The average molecular weight is 354 g/mol. The molecule has 1 heterocycles. The Hall–Kier alpha value is -1.39. The average Bonchev–Trinajstić information content (AvgIpc) is 2.81. The molecule has 0 aliphatic carbocycles. The van der Waals surface area contributed by atoms with Gasteiger partial charge in [-0.25, -0.2) is 9.37 Å². The number of benzene rings is 2. The van der Waals surface area contributed by atoms with E-state index in [0.29, 0.717) is 16.9 Å². The van der Waals surface area contributed by atoms with Gasteiger partial charge in [0, 0.05) is 4.47 Å². The lowest BCUT2D eigenvalue weighted by atomic mass is 10.2. The van der Waals surface area contributed by atoms with Gasteiger partial charge in [-0.1, -0.05) is 12.1 Å². The van der Waals surface area contributed by atoms with Crippen LogP contribution in [0.4, 0.5) is 4.39 Å². The summed E-state index contributed by atoms with van der Waals surface area (Å²) in [5.74, 6) is 0.503. The van der Waals surface area contributed by atoms with Crippen molar-refractivity contribution < 1.29 is 4.39 Å². The van der Waals surface area contributed by atoms with E-state index in [-0.39, 0.29) is 11.7 Å². The van der Waals surface area contributed by atoms with Crippen LogP contribution in [-0.2, 0) is 5.88 Å². The maximum absolute atomic E-state index is 13.9. The summed E-state index contributed by atoms with van der Waals surface area (Å²) >= 11 is 9.51. The fourth-order valence-corrected chi connectivity index (χ4v) is 2.87. The maximum atomic E-state index is 13.9. The minimum Gasteiger partial charge on any atom is -0.294 e. The molecule has 0 saturated heterocycles. The molecule has 2 nitrogen and oxygen atoms in total. The number of hydrogen-bond donors (Lipinski definition) is 0. The van der Waals surface area contributed by atoms with Crippen LogP contribution in [0, 0.1) is 12.7 Å². The second-order valence-corrected chi connectivity index (χ2v) is 5.68. The molecule has 0 bridgehead atoms. The molecule has 3 rings (SSSR count). The minimum absolute atomic E-state index is 0.217. The molecule has 0 atom stereocenters. The van der Waals surface area contributed by atoms with Gasteiger partial charge >= 0.3 is 0 Å². The summed E-state index contributed by atoms with van der Waals surface area (Å²) in [6.07, 6.45) is 0. The summed E-state index contributed by atoms with van der Waals surface area (Å²) in [6, 6.07) is 10.9. The predicted molar refractivity (Wildman–Crippen MR) is 83.0 cm³/mol. The van der Waals surface area contributed by atoms with Crippen molar-refractivity contribution in [2.24, 2.45) is 0 Å². The standard InChI is InChI=1S/C15H11BrClFN2/c1-9-5-6-10(16)13(7-9)20-12-4-2-3-11(18)15(12)19-14(20)8-17/h2-7H,8H2,1H3. The first-order valence-corrected chi connectivity index (χ1v) is 7.43. The third-order valence-corrected chi connectivity index (χ3v) is 4.08. The van der Waals surface area contributed by atoms with Crippen LogP contribution in [-0.4, -0.2) is 9.55 Å². The zero-order valence-electron chi connectivity index (χ0n) is 10.7. The van der Waals surface area contributed by atoms with E-state index in [9.17, 15) is 4.39 Å². The fraction of sp³-hybridized carbons (Fsp3) is 0.133. The first-order chi connectivity index (χ1) is 9.61. The van der Waals surface area contributed by atoms with E-state index in [1.165, 1.54) is 6.07 Å². The number of nitrogens with zero attached hydrogens (tertiary/aromatic N) is 2. The Morgan fingerprint density at radius 1 is 1.30 bits per heavy atom. The topological polar surface area (TPSA) is 17.8 Å². The van der Waals surface area contributed by atoms with Gasteiger partial charge in [0.1, 0.15) is 11.3 Å². The second kappa shape index (κ2) is 5.19. The van der Waals surface area contributed by atoms with E-state index < -0.39 is 0 Å². The Morgan fingerprint density at radius 3 is 2.85 bits per heavy atom. The smallest absolute Gasteiger partial charge is 0.151 e. The van der Waals surface area contributed by atoms with Crippen molar-refractivity contribution in [3.05, 3.63) is 58.1 Å². The van der Waals surface area contributed by atoms with Gasteiger partial charge in [0.25, 0.3) is 0 Å². The van der Waals surface area contributed by atoms with E-state index in [0.717, 1.165) is 15.7 Å². The number of imidazole rings is 1. The molecule has 0 saturated carbocycles. The Balaban J connectivity index is 2.40. The van der Waals surface area contributed by atoms with Gasteiger partial charge in [0.15, 0.2) is 5.82 Å². The third kappa shape index (κ3) is 2.13. The second-order valence-electron chi connectivity index (χ2n) is 4.56. The van der Waals surface area contributed by atoms with Crippen molar-refractivity contribution in [1.82, 2.24) is 9.55 Å². The van der Waals surface area contributed by atoms with E-state index in [2.05, 4.69) is 20.9 Å². The van der Waals surface area contributed by atoms with Crippen LogP contribution >= 0.6 is 27.5 Å². The quantitative estimate of drug-likeness (QED) is 0.594. The molecule has 0 aliphatic heterocycles. The molecule has 5 heteroatoms. The molecule has 0 N–H and O–H groups in total. The molecule has 3 aromatic rings. The van der Waals surface area contributed by atoms with Crippen LogP contribution in [0.2, 0.25) is 0 Å².